The number of unbranched alkanes of at least 4 members (excludes halogenated alkanes) is 4. The first-order valence-corrected chi connectivity index (χ1v) is 20.4. The Balaban J connectivity index is 1.32. The third-order valence-corrected chi connectivity index (χ3v) is 11.4. The van der Waals surface area contributed by atoms with Crippen LogP contribution in [0.2, 0.25) is 0 Å². The van der Waals surface area contributed by atoms with Crippen molar-refractivity contribution in [2.75, 3.05) is 36.0 Å². The molecule has 0 saturated heterocycles. The zero-order chi connectivity index (χ0) is 36.8. The number of hydrogen-bond acceptors (Lipinski definition) is 6. The number of anilines is 2. The number of fused-ring (bicyclic) bond motifs is 16. The number of benzene rings is 6. The Kier molecular flexibility index (Phi) is 9.22. The molecule has 0 aliphatic heterocycles. The van der Waals surface area contributed by atoms with Crippen LogP contribution in [0.4, 0.5) is 11.4 Å². The Morgan fingerprint density at radius 1 is 0.426 bits per heavy atom. The first kappa shape index (κ1) is 34.4. The van der Waals surface area contributed by atoms with Crippen LogP contribution in [0, 0.1) is 0 Å². The fraction of sp³-hybridized carbons (Fsp3) is 0.333. The average Bonchev–Trinajstić information content (AvgIpc) is 3.80. The quantitative estimate of drug-likeness (QED) is 0.0825. The largest absolute Gasteiger partial charge is 0.454 e. The van der Waals surface area contributed by atoms with Gasteiger partial charge in [-0.1, -0.05) is 102 Å². The van der Waals surface area contributed by atoms with Crippen molar-refractivity contribution in [3.05, 3.63) is 84.9 Å². The van der Waals surface area contributed by atoms with Gasteiger partial charge in [0.2, 0.25) is 0 Å². The lowest BCUT2D eigenvalue weighted by molar-refractivity contribution is 0.664. The van der Waals surface area contributed by atoms with Gasteiger partial charge in [-0.2, -0.15) is 0 Å². The predicted octanol–water partition coefficient (Wildman–Crippen LogP) is 13.7. The lowest BCUT2D eigenvalue weighted by Gasteiger charge is -2.24. The first-order chi connectivity index (χ1) is 26.6. The molecular weight excluding hydrogens is 665 g/mol. The summed E-state index contributed by atoms with van der Waals surface area (Å²) in [5.74, 6) is 0. The van der Waals surface area contributed by atoms with E-state index < -0.39 is 0 Å². The third-order valence-electron chi connectivity index (χ3n) is 11.4. The molecule has 0 aliphatic carbocycles. The van der Waals surface area contributed by atoms with E-state index in [1.165, 1.54) is 62.7 Å². The summed E-state index contributed by atoms with van der Waals surface area (Å²) in [6.07, 6.45) is 9.36. The van der Waals surface area contributed by atoms with Crippen molar-refractivity contribution in [2.45, 2.75) is 79.1 Å². The normalized spacial score (nSPS) is 12.2. The molecule has 0 bridgehead atoms. The Morgan fingerprint density at radius 2 is 0.796 bits per heavy atom. The standard InChI is InChI=1S/C48H50N4O2/c1-5-9-25-51(26-10-6-2)31-21-23-37-39(29-31)53-47-41(37)33-17-13-15-19-35(33)43-45(47)50-46-44(49-43)36-20-16-14-18-34(36)42-38-24-22-32(30-40(38)54-48(42)46)52(27-11-7-3)28-12-8-4/h13-24,29-30H,5-12,25-28H2,1-4H3. The van der Waals surface area contributed by atoms with Crippen LogP contribution >= 0.6 is 0 Å². The highest BCUT2D eigenvalue weighted by Crippen LogP contribution is 2.45. The van der Waals surface area contributed by atoms with Crippen LogP contribution in [-0.4, -0.2) is 36.1 Å². The molecule has 3 heterocycles. The summed E-state index contributed by atoms with van der Waals surface area (Å²) in [6, 6.07) is 30.7. The van der Waals surface area contributed by atoms with Crippen LogP contribution in [0.5, 0.6) is 0 Å². The van der Waals surface area contributed by atoms with Gasteiger partial charge in [0.05, 0.1) is 0 Å². The highest BCUT2D eigenvalue weighted by molar-refractivity contribution is 6.33. The van der Waals surface area contributed by atoms with E-state index in [0.29, 0.717) is 0 Å². The highest BCUT2D eigenvalue weighted by Gasteiger charge is 2.23. The SMILES string of the molecule is CCCCN(CCCC)c1ccc2c(c1)oc1c3nc4c(nc3c3ccccc3c21)c1ccccc1c1c2ccc(N(CCCC)CCCC)cc2oc41. The van der Waals surface area contributed by atoms with Gasteiger partial charge in [0.25, 0.3) is 0 Å². The van der Waals surface area contributed by atoms with Crippen LogP contribution < -0.4 is 9.80 Å². The molecule has 0 saturated carbocycles. The molecule has 274 valence electrons. The predicted molar refractivity (Wildman–Crippen MR) is 231 cm³/mol. The fourth-order valence-electron chi connectivity index (χ4n) is 8.51. The van der Waals surface area contributed by atoms with Crippen molar-refractivity contribution in [3.63, 3.8) is 0 Å². The molecule has 6 nitrogen and oxygen atoms in total. The number of aromatic nitrogens is 2. The minimum atomic E-state index is 0.769. The van der Waals surface area contributed by atoms with Gasteiger partial charge < -0.3 is 18.6 Å². The lowest BCUT2D eigenvalue weighted by atomic mass is 9.99. The molecule has 0 aliphatic rings. The zero-order valence-electron chi connectivity index (χ0n) is 32.2. The Bertz CT molecular complexity index is 2610. The van der Waals surface area contributed by atoms with Crippen molar-refractivity contribution >= 4 is 98.9 Å². The number of rotatable bonds is 14. The molecule has 0 unspecified atom stereocenters. The smallest absolute Gasteiger partial charge is 0.163 e. The average molecular weight is 715 g/mol. The summed E-state index contributed by atoms with van der Waals surface area (Å²) in [5, 5.41) is 8.81. The van der Waals surface area contributed by atoms with E-state index in [1.807, 2.05) is 0 Å². The molecule has 0 fully saturated rings. The summed E-state index contributed by atoms with van der Waals surface area (Å²) in [7, 11) is 0. The van der Waals surface area contributed by atoms with Gasteiger partial charge in [-0.15, -0.1) is 0 Å². The molecule has 3 aromatic heterocycles. The third kappa shape index (κ3) is 5.69. The summed E-state index contributed by atoms with van der Waals surface area (Å²) >= 11 is 0. The van der Waals surface area contributed by atoms with E-state index in [0.717, 1.165) is 114 Å². The van der Waals surface area contributed by atoms with Crippen LogP contribution in [0.15, 0.2) is 93.8 Å². The van der Waals surface area contributed by atoms with E-state index in [4.69, 9.17) is 18.8 Å². The van der Waals surface area contributed by atoms with Gasteiger partial charge in [-0.25, -0.2) is 9.97 Å². The Morgan fingerprint density at radius 3 is 1.19 bits per heavy atom. The number of hydrogen-bond donors (Lipinski definition) is 0. The van der Waals surface area contributed by atoms with Gasteiger partial charge in [-0.05, 0) is 60.7 Å². The maximum absolute atomic E-state index is 6.92. The molecule has 6 heteroatoms. The fourth-order valence-corrected chi connectivity index (χ4v) is 8.51. The van der Waals surface area contributed by atoms with Crippen molar-refractivity contribution in [1.82, 2.24) is 9.97 Å². The second kappa shape index (κ2) is 14.5. The van der Waals surface area contributed by atoms with Crippen molar-refractivity contribution in [3.8, 4) is 0 Å². The van der Waals surface area contributed by atoms with Crippen LogP contribution in [0.1, 0.15) is 79.1 Å². The van der Waals surface area contributed by atoms with Gasteiger partial charge in [-0.3, -0.25) is 0 Å². The highest BCUT2D eigenvalue weighted by atomic mass is 16.3. The molecule has 9 aromatic rings. The van der Waals surface area contributed by atoms with Crippen molar-refractivity contribution < 1.29 is 8.83 Å². The second-order valence-electron chi connectivity index (χ2n) is 15.1. The van der Waals surface area contributed by atoms with E-state index in [-0.39, 0.29) is 0 Å². The van der Waals surface area contributed by atoms with Crippen molar-refractivity contribution in [2.24, 2.45) is 0 Å². The summed E-state index contributed by atoms with van der Waals surface area (Å²) in [4.78, 5) is 16.1. The maximum Gasteiger partial charge on any atom is 0.163 e. The summed E-state index contributed by atoms with van der Waals surface area (Å²) < 4.78 is 13.8. The van der Waals surface area contributed by atoms with Gasteiger partial charge in [0.15, 0.2) is 11.2 Å². The molecule has 0 amide bonds. The van der Waals surface area contributed by atoms with E-state index in [2.05, 4.69) is 122 Å². The molecule has 0 spiro atoms. The van der Waals surface area contributed by atoms with Crippen molar-refractivity contribution in [1.29, 1.82) is 0 Å². The van der Waals surface area contributed by atoms with Crippen LogP contribution in [0.25, 0.3) is 87.5 Å². The van der Waals surface area contributed by atoms with Gasteiger partial charge in [0.1, 0.15) is 33.2 Å². The van der Waals surface area contributed by atoms with Gasteiger partial charge >= 0.3 is 0 Å². The van der Waals surface area contributed by atoms with E-state index in [9.17, 15) is 0 Å². The Labute approximate surface area is 316 Å². The summed E-state index contributed by atoms with van der Waals surface area (Å²) in [5.41, 5.74) is 8.99. The van der Waals surface area contributed by atoms with Crippen LogP contribution in [-0.2, 0) is 0 Å². The summed E-state index contributed by atoms with van der Waals surface area (Å²) in [6.45, 7) is 13.2. The van der Waals surface area contributed by atoms with E-state index >= 15 is 0 Å². The molecule has 6 aromatic carbocycles. The number of furan rings is 2. The molecule has 0 N–H and O–H groups in total. The maximum atomic E-state index is 6.92. The number of nitrogens with zero attached hydrogens (tertiary/aromatic N) is 4. The van der Waals surface area contributed by atoms with E-state index in [1.54, 1.807) is 0 Å². The van der Waals surface area contributed by atoms with Crippen LogP contribution in [0.3, 0.4) is 0 Å². The lowest BCUT2D eigenvalue weighted by Crippen LogP contribution is -2.25. The topological polar surface area (TPSA) is 58.5 Å². The minimum Gasteiger partial charge on any atom is -0.454 e. The zero-order valence-corrected chi connectivity index (χ0v) is 32.2. The monoisotopic (exact) mass is 714 g/mol. The molecule has 54 heavy (non-hydrogen) atoms. The molecule has 0 atom stereocenters. The van der Waals surface area contributed by atoms with Gasteiger partial charge in [0, 0.05) is 82.0 Å². The minimum absolute atomic E-state index is 0.769. The first-order valence-electron chi connectivity index (χ1n) is 20.4. The molecule has 9 rings (SSSR count). The second-order valence-corrected chi connectivity index (χ2v) is 15.1. The molecular formula is C48H50N4O2. The Hall–Kier alpha value is -5.36. The molecule has 0 radical (unpaired) electrons.